The summed E-state index contributed by atoms with van der Waals surface area (Å²) in [7, 11) is 0. The first-order chi connectivity index (χ1) is 8.16. The van der Waals surface area contributed by atoms with E-state index in [1.54, 1.807) is 24.3 Å². The fourth-order valence-corrected chi connectivity index (χ4v) is 2.38. The molecule has 4 heteroatoms. The van der Waals surface area contributed by atoms with Gasteiger partial charge in [-0.05, 0) is 37.1 Å². The zero-order valence-electron chi connectivity index (χ0n) is 9.66. The number of carbonyl (C=O) groups is 1. The number of hydrogen-bond acceptors (Lipinski definition) is 2. The third-order valence-electron chi connectivity index (χ3n) is 3.27. The summed E-state index contributed by atoms with van der Waals surface area (Å²) in [4.78, 5) is 12.0. The van der Waals surface area contributed by atoms with Crippen molar-refractivity contribution in [1.29, 1.82) is 0 Å². The van der Waals surface area contributed by atoms with Gasteiger partial charge in [0, 0.05) is 16.8 Å². The molecule has 0 heterocycles. The first-order valence-electron chi connectivity index (χ1n) is 5.99. The maximum absolute atomic E-state index is 12.0. The number of benzene rings is 1. The molecule has 1 saturated carbocycles. The van der Waals surface area contributed by atoms with Crippen molar-refractivity contribution < 1.29 is 4.79 Å². The standard InChI is InChI=1S/C13H17ClN2O/c14-9-5-7-10(8-6-9)16-13(17)11-3-1-2-4-12(11)15/h5-8,11-12H,1-4,15H2,(H,16,17)/t11-,12+/m1/s1. The van der Waals surface area contributed by atoms with Crippen LogP contribution < -0.4 is 11.1 Å². The van der Waals surface area contributed by atoms with Crippen molar-refractivity contribution in [3.05, 3.63) is 29.3 Å². The Morgan fingerprint density at radius 2 is 1.88 bits per heavy atom. The van der Waals surface area contributed by atoms with Crippen LogP contribution in [0.3, 0.4) is 0 Å². The number of amides is 1. The van der Waals surface area contributed by atoms with Gasteiger partial charge in [0.1, 0.15) is 0 Å². The van der Waals surface area contributed by atoms with E-state index in [2.05, 4.69) is 5.32 Å². The predicted molar refractivity (Wildman–Crippen MR) is 70.0 cm³/mol. The van der Waals surface area contributed by atoms with E-state index >= 15 is 0 Å². The Hall–Kier alpha value is -1.06. The van der Waals surface area contributed by atoms with Gasteiger partial charge in [-0.15, -0.1) is 0 Å². The minimum absolute atomic E-state index is 0.00366. The predicted octanol–water partition coefficient (Wildman–Crippen LogP) is 2.80. The van der Waals surface area contributed by atoms with Gasteiger partial charge < -0.3 is 11.1 Å². The number of nitrogens with one attached hydrogen (secondary N) is 1. The van der Waals surface area contributed by atoms with Gasteiger partial charge in [-0.25, -0.2) is 0 Å². The maximum Gasteiger partial charge on any atom is 0.229 e. The van der Waals surface area contributed by atoms with E-state index in [9.17, 15) is 4.79 Å². The highest BCUT2D eigenvalue weighted by Crippen LogP contribution is 2.24. The fraction of sp³-hybridized carbons (Fsp3) is 0.462. The van der Waals surface area contributed by atoms with Gasteiger partial charge in [-0.2, -0.15) is 0 Å². The highest BCUT2D eigenvalue weighted by atomic mass is 35.5. The van der Waals surface area contributed by atoms with Gasteiger partial charge in [0.05, 0.1) is 5.92 Å². The Balaban J connectivity index is 1.98. The molecule has 1 amide bonds. The molecular weight excluding hydrogens is 236 g/mol. The van der Waals surface area contributed by atoms with E-state index in [4.69, 9.17) is 17.3 Å². The lowest BCUT2D eigenvalue weighted by Gasteiger charge is -2.27. The van der Waals surface area contributed by atoms with Crippen molar-refractivity contribution in [2.45, 2.75) is 31.7 Å². The SMILES string of the molecule is N[C@H]1CCCC[C@H]1C(=O)Nc1ccc(Cl)cc1. The van der Waals surface area contributed by atoms with E-state index in [0.717, 1.165) is 31.4 Å². The van der Waals surface area contributed by atoms with Crippen molar-refractivity contribution in [3.8, 4) is 0 Å². The van der Waals surface area contributed by atoms with Crippen LogP contribution in [0.25, 0.3) is 0 Å². The monoisotopic (exact) mass is 252 g/mol. The minimum Gasteiger partial charge on any atom is -0.327 e. The van der Waals surface area contributed by atoms with Crippen molar-refractivity contribution in [2.75, 3.05) is 5.32 Å². The molecule has 1 aromatic carbocycles. The van der Waals surface area contributed by atoms with Crippen LogP contribution in [0.4, 0.5) is 5.69 Å². The lowest BCUT2D eigenvalue weighted by molar-refractivity contribution is -0.121. The van der Waals surface area contributed by atoms with E-state index in [1.165, 1.54) is 0 Å². The molecular formula is C13H17ClN2O. The number of hydrogen-bond donors (Lipinski definition) is 2. The van der Waals surface area contributed by atoms with E-state index in [0.29, 0.717) is 5.02 Å². The zero-order valence-corrected chi connectivity index (χ0v) is 10.4. The lowest BCUT2D eigenvalue weighted by Crippen LogP contribution is -2.40. The average Bonchev–Trinajstić information content (AvgIpc) is 2.32. The Kier molecular flexibility index (Phi) is 4.02. The number of halogens is 1. The van der Waals surface area contributed by atoms with Gasteiger partial charge in [-0.1, -0.05) is 24.4 Å². The van der Waals surface area contributed by atoms with E-state index < -0.39 is 0 Å². The van der Waals surface area contributed by atoms with Gasteiger partial charge in [0.15, 0.2) is 0 Å². The highest BCUT2D eigenvalue weighted by molar-refractivity contribution is 6.30. The molecule has 2 atom stereocenters. The van der Waals surface area contributed by atoms with Gasteiger partial charge in [-0.3, -0.25) is 4.79 Å². The first kappa shape index (κ1) is 12.4. The summed E-state index contributed by atoms with van der Waals surface area (Å²) < 4.78 is 0. The third kappa shape index (κ3) is 3.20. The van der Waals surface area contributed by atoms with Gasteiger partial charge >= 0.3 is 0 Å². The molecule has 3 nitrogen and oxygen atoms in total. The molecule has 17 heavy (non-hydrogen) atoms. The summed E-state index contributed by atoms with van der Waals surface area (Å²) in [6.07, 6.45) is 4.05. The first-order valence-corrected chi connectivity index (χ1v) is 6.36. The molecule has 1 aromatic rings. The molecule has 0 aromatic heterocycles. The second-order valence-electron chi connectivity index (χ2n) is 4.55. The molecule has 92 valence electrons. The van der Waals surface area contributed by atoms with E-state index in [1.807, 2.05) is 0 Å². The van der Waals surface area contributed by atoms with Crippen LogP contribution in [0, 0.1) is 5.92 Å². The molecule has 1 aliphatic carbocycles. The molecule has 1 fully saturated rings. The highest BCUT2D eigenvalue weighted by Gasteiger charge is 2.28. The van der Waals surface area contributed by atoms with Crippen molar-refractivity contribution in [2.24, 2.45) is 11.7 Å². The average molecular weight is 253 g/mol. The quantitative estimate of drug-likeness (QED) is 0.850. The fourth-order valence-electron chi connectivity index (χ4n) is 2.25. The number of rotatable bonds is 2. The van der Waals surface area contributed by atoms with Crippen LogP contribution in [-0.2, 0) is 4.79 Å². The van der Waals surface area contributed by atoms with Crippen LogP contribution in [0.2, 0.25) is 5.02 Å². The van der Waals surface area contributed by atoms with E-state index in [-0.39, 0.29) is 17.9 Å². The van der Waals surface area contributed by atoms with Crippen LogP contribution in [0.15, 0.2) is 24.3 Å². The Morgan fingerprint density at radius 3 is 2.53 bits per heavy atom. The molecule has 3 N–H and O–H groups in total. The molecule has 0 radical (unpaired) electrons. The van der Waals surface area contributed by atoms with Crippen LogP contribution in [0.5, 0.6) is 0 Å². The van der Waals surface area contributed by atoms with Crippen molar-refractivity contribution in [1.82, 2.24) is 0 Å². The Bertz CT molecular complexity index is 391. The van der Waals surface area contributed by atoms with Gasteiger partial charge in [0.2, 0.25) is 5.91 Å². The molecule has 1 aliphatic rings. The summed E-state index contributed by atoms with van der Waals surface area (Å²) in [5.74, 6) is -0.0287. The summed E-state index contributed by atoms with van der Waals surface area (Å²) in [6.45, 7) is 0. The minimum atomic E-state index is -0.0561. The second-order valence-corrected chi connectivity index (χ2v) is 4.99. The largest absolute Gasteiger partial charge is 0.327 e. The number of anilines is 1. The zero-order chi connectivity index (χ0) is 12.3. The lowest BCUT2D eigenvalue weighted by atomic mass is 9.84. The maximum atomic E-state index is 12.0. The molecule has 0 spiro atoms. The molecule has 0 saturated heterocycles. The number of nitrogens with two attached hydrogens (primary N) is 1. The Morgan fingerprint density at radius 1 is 1.24 bits per heavy atom. The van der Waals surface area contributed by atoms with Crippen molar-refractivity contribution >= 4 is 23.2 Å². The van der Waals surface area contributed by atoms with Crippen molar-refractivity contribution in [3.63, 3.8) is 0 Å². The summed E-state index contributed by atoms with van der Waals surface area (Å²) in [5.41, 5.74) is 6.75. The molecule has 0 aliphatic heterocycles. The van der Waals surface area contributed by atoms with Crippen LogP contribution in [-0.4, -0.2) is 11.9 Å². The third-order valence-corrected chi connectivity index (χ3v) is 3.52. The summed E-state index contributed by atoms with van der Waals surface area (Å²) in [5, 5.41) is 3.56. The second kappa shape index (κ2) is 5.52. The normalized spacial score (nSPS) is 24.4. The molecule has 2 rings (SSSR count). The number of carbonyl (C=O) groups excluding carboxylic acids is 1. The molecule has 0 bridgehead atoms. The summed E-state index contributed by atoms with van der Waals surface area (Å²) >= 11 is 5.79. The van der Waals surface area contributed by atoms with Crippen LogP contribution >= 0.6 is 11.6 Å². The molecule has 0 unspecified atom stereocenters. The summed E-state index contributed by atoms with van der Waals surface area (Å²) in [6, 6.07) is 7.12. The smallest absolute Gasteiger partial charge is 0.229 e. The van der Waals surface area contributed by atoms with Gasteiger partial charge in [0.25, 0.3) is 0 Å². The van der Waals surface area contributed by atoms with Crippen LogP contribution in [0.1, 0.15) is 25.7 Å². The topological polar surface area (TPSA) is 55.1 Å². The Labute approximate surface area is 106 Å².